The number of nitrogens with one attached hydrogen (secondary N) is 1. The monoisotopic (exact) mass is 656 g/mol. The number of carbonyl (C=O) groups is 2. The SMILES string of the molecule is CCCCN1C(=O)C(CC2CCCCC2)NC(=O)C12CCN(Cc1c(C)nn(-c3ccc(S(=O)(=O)N(C)CCO)cc3)c1C)CC2. The zero-order chi connectivity index (χ0) is 33.1. The van der Waals surface area contributed by atoms with Crippen LogP contribution in [0, 0.1) is 19.8 Å². The van der Waals surface area contributed by atoms with Gasteiger partial charge in [-0.05, 0) is 69.7 Å². The molecule has 2 saturated heterocycles. The molecular formula is C34H52N6O5S. The van der Waals surface area contributed by atoms with Crippen molar-refractivity contribution >= 4 is 21.8 Å². The maximum Gasteiger partial charge on any atom is 0.246 e. The van der Waals surface area contributed by atoms with Crippen LogP contribution in [0.15, 0.2) is 29.2 Å². The van der Waals surface area contributed by atoms with E-state index in [1.165, 1.54) is 26.3 Å². The molecule has 3 aliphatic rings. The Labute approximate surface area is 274 Å². The lowest BCUT2D eigenvalue weighted by Gasteiger charge is -2.52. The summed E-state index contributed by atoms with van der Waals surface area (Å²) in [5, 5.41) is 17.1. The number of unbranched alkanes of at least 4 members (excludes halogenated alkanes) is 1. The van der Waals surface area contributed by atoms with Gasteiger partial charge in [-0.25, -0.2) is 13.1 Å². The van der Waals surface area contributed by atoms with Crippen molar-refractivity contribution in [2.75, 3.05) is 39.8 Å². The van der Waals surface area contributed by atoms with Crippen LogP contribution in [-0.4, -0.2) is 101 Å². The maximum absolute atomic E-state index is 13.9. The van der Waals surface area contributed by atoms with Crippen LogP contribution in [0.2, 0.25) is 0 Å². The summed E-state index contributed by atoms with van der Waals surface area (Å²) in [6.07, 6.45) is 9.86. The fourth-order valence-corrected chi connectivity index (χ4v) is 8.75. The minimum atomic E-state index is -3.69. The van der Waals surface area contributed by atoms with Crippen molar-refractivity contribution in [3.05, 3.63) is 41.2 Å². The second-order valence-electron chi connectivity index (χ2n) is 13.5. The molecule has 1 spiro atoms. The van der Waals surface area contributed by atoms with Crippen LogP contribution in [0.3, 0.4) is 0 Å². The van der Waals surface area contributed by atoms with E-state index in [4.69, 9.17) is 10.2 Å². The van der Waals surface area contributed by atoms with Crippen molar-refractivity contribution in [2.24, 2.45) is 5.92 Å². The van der Waals surface area contributed by atoms with Crippen LogP contribution < -0.4 is 5.32 Å². The summed E-state index contributed by atoms with van der Waals surface area (Å²) in [5.74, 6) is 0.652. The highest BCUT2D eigenvalue weighted by atomic mass is 32.2. The quantitative estimate of drug-likeness (QED) is 0.358. The molecule has 5 rings (SSSR count). The van der Waals surface area contributed by atoms with Crippen molar-refractivity contribution in [1.82, 2.24) is 29.2 Å². The molecule has 2 amide bonds. The van der Waals surface area contributed by atoms with Gasteiger partial charge in [-0.2, -0.15) is 9.40 Å². The highest BCUT2D eigenvalue weighted by Crippen LogP contribution is 2.36. The molecule has 1 aromatic carbocycles. The third-order valence-corrected chi connectivity index (χ3v) is 12.4. The Morgan fingerprint density at radius 3 is 2.37 bits per heavy atom. The van der Waals surface area contributed by atoms with Gasteiger partial charge in [0.2, 0.25) is 21.8 Å². The van der Waals surface area contributed by atoms with Crippen LogP contribution in [0.5, 0.6) is 0 Å². The third-order valence-electron chi connectivity index (χ3n) is 10.5. The molecule has 1 atom stereocenters. The lowest BCUT2D eigenvalue weighted by Crippen LogP contribution is -2.73. The van der Waals surface area contributed by atoms with Crippen molar-refractivity contribution in [3.63, 3.8) is 0 Å². The zero-order valence-corrected chi connectivity index (χ0v) is 28.8. The molecule has 1 unspecified atom stereocenters. The molecule has 0 radical (unpaired) electrons. The number of aryl methyl sites for hydroxylation is 1. The first-order valence-electron chi connectivity index (χ1n) is 17.1. The number of aromatic nitrogens is 2. The summed E-state index contributed by atoms with van der Waals surface area (Å²) >= 11 is 0. The summed E-state index contributed by atoms with van der Waals surface area (Å²) < 4.78 is 28.5. The van der Waals surface area contributed by atoms with Crippen molar-refractivity contribution < 1.29 is 23.1 Å². The molecule has 1 aromatic heterocycles. The minimum absolute atomic E-state index is 0.0249. The van der Waals surface area contributed by atoms with E-state index >= 15 is 0 Å². The van der Waals surface area contributed by atoms with Gasteiger partial charge in [-0.1, -0.05) is 45.4 Å². The van der Waals surface area contributed by atoms with Crippen molar-refractivity contribution in [3.8, 4) is 5.69 Å². The van der Waals surface area contributed by atoms with Gasteiger partial charge < -0.3 is 15.3 Å². The highest BCUT2D eigenvalue weighted by molar-refractivity contribution is 7.89. The van der Waals surface area contributed by atoms with E-state index in [1.54, 1.807) is 24.3 Å². The number of likely N-dealkylation sites (N-methyl/N-ethyl adjacent to an activating group) is 1. The molecule has 0 bridgehead atoms. The number of aliphatic hydroxyl groups excluding tert-OH is 1. The number of likely N-dealkylation sites (tertiary alicyclic amines) is 1. The number of aliphatic hydroxyl groups is 1. The molecule has 11 nitrogen and oxygen atoms in total. The smallest absolute Gasteiger partial charge is 0.246 e. The Bertz CT molecular complexity index is 1480. The molecule has 3 heterocycles. The minimum Gasteiger partial charge on any atom is -0.395 e. The van der Waals surface area contributed by atoms with E-state index in [0.29, 0.717) is 44.9 Å². The molecule has 3 fully saturated rings. The van der Waals surface area contributed by atoms with Crippen LogP contribution in [0.4, 0.5) is 0 Å². The number of piperazine rings is 1. The number of nitrogens with zero attached hydrogens (tertiary/aromatic N) is 5. The molecule has 12 heteroatoms. The summed E-state index contributed by atoms with van der Waals surface area (Å²) in [7, 11) is -2.24. The molecule has 2 aliphatic heterocycles. The number of amides is 2. The third kappa shape index (κ3) is 6.90. The van der Waals surface area contributed by atoms with Crippen molar-refractivity contribution in [1.29, 1.82) is 0 Å². The normalized spacial score (nSPS) is 21.3. The van der Waals surface area contributed by atoms with Gasteiger partial charge in [0.05, 0.1) is 22.9 Å². The highest BCUT2D eigenvalue weighted by Gasteiger charge is 2.53. The van der Waals surface area contributed by atoms with E-state index in [0.717, 1.165) is 59.0 Å². The van der Waals surface area contributed by atoms with E-state index in [-0.39, 0.29) is 29.9 Å². The second-order valence-corrected chi connectivity index (χ2v) is 15.6. The standard InChI is InChI=1S/C34H52N6O5S/c1-5-6-18-39-32(42)31(23-27-10-8-7-9-11-27)35-33(43)34(39)16-19-38(20-17-34)24-30-25(2)36-40(26(30)3)28-12-14-29(15-13-28)46(44,45)37(4)21-22-41/h12-15,27,31,41H,5-11,16-24H2,1-4H3,(H,35,43). The summed E-state index contributed by atoms with van der Waals surface area (Å²) in [4.78, 5) is 32.2. The van der Waals surface area contributed by atoms with E-state index in [1.807, 2.05) is 23.4 Å². The maximum atomic E-state index is 13.9. The lowest BCUT2D eigenvalue weighted by molar-refractivity contribution is -0.162. The number of sulfonamides is 1. The lowest BCUT2D eigenvalue weighted by atomic mass is 9.79. The summed E-state index contributed by atoms with van der Waals surface area (Å²) in [6, 6.07) is 6.23. The fraction of sp³-hybridized carbons (Fsp3) is 0.676. The Kier molecular flexibility index (Phi) is 10.9. The van der Waals surface area contributed by atoms with E-state index < -0.39 is 21.6 Å². The van der Waals surface area contributed by atoms with Gasteiger partial charge in [0.15, 0.2) is 0 Å². The van der Waals surface area contributed by atoms with Gasteiger partial charge in [0.25, 0.3) is 0 Å². The van der Waals surface area contributed by atoms with Crippen LogP contribution in [0.25, 0.3) is 5.69 Å². The zero-order valence-electron chi connectivity index (χ0n) is 28.0. The van der Waals surface area contributed by atoms with E-state index in [2.05, 4.69) is 17.1 Å². The average Bonchev–Trinajstić information content (AvgIpc) is 3.33. The summed E-state index contributed by atoms with van der Waals surface area (Å²) in [6.45, 7) is 8.63. The Balaban J connectivity index is 1.27. The Morgan fingerprint density at radius 1 is 1.07 bits per heavy atom. The first-order valence-corrected chi connectivity index (χ1v) is 18.5. The predicted molar refractivity (Wildman–Crippen MR) is 177 cm³/mol. The molecule has 2 N–H and O–H groups in total. The Morgan fingerprint density at radius 2 is 1.74 bits per heavy atom. The number of hydrogen-bond acceptors (Lipinski definition) is 7. The summed E-state index contributed by atoms with van der Waals surface area (Å²) in [5.41, 5.74) is 2.96. The molecule has 254 valence electrons. The van der Waals surface area contributed by atoms with Gasteiger partial charge in [0.1, 0.15) is 11.6 Å². The number of rotatable bonds is 12. The van der Waals surface area contributed by atoms with Crippen LogP contribution >= 0.6 is 0 Å². The second kappa shape index (κ2) is 14.5. The number of hydrogen-bond donors (Lipinski definition) is 2. The molecule has 2 aromatic rings. The Hall–Kier alpha value is -2.80. The topological polar surface area (TPSA) is 128 Å². The largest absolute Gasteiger partial charge is 0.395 e. The van der Waals surface area contributed by atoms with Gasteiger partial charge in [0, 0.05) is 51.0 Å². The van der Waals surface area contributed by atoms with Gasteiger partial charge >= 0.3 is 0 Å². The number of piperidine rings is 1. The van der Waals surface area contributed by atoms with Gasteiger partial charge in [-0.15, -0.1) is 0 Å². The average molecular weight is 657 g/mol. The molecular weight excluding hydrogens is 604 g/mol. The predicted octanol–water partition coefficient (Wildman–Crippen LogP) is 3.53. The molecule has 46 heavy (non-hydrogen) atoms. The van der Waals surface area contributed by atoms with Crippen molar-refractivity contribution in [2.45, 2.75) is 108 Å². The number of carbonyl (C=O) groups excluding carboxylic acids is 2. The van der Waals surface area contributed by atoms with Crippen LogP contribution in [0.1, 0.15) is 88.1 Å². The number of benzene rings is 1. The molecule has 1 aliphatic carbocycles. The first kappa shape index (κ1) is 34.5. The van der Waals surface area contributed by atoms with Crippen LogP contribution in [-0.2, 0) is 26.2 Å². The van der Waals surface area contributed by atoms with Gasteiger partial charge in [-0.3, -0.25) is 14.5 Å². The van der Waals surface area contributed by atoms with E-state index in [9.17, 15) is 18.0 Å². The molecule has 1 saturated carbocycles. The fourth-order valence-electron chi connectivity index (χ4n) is 7.59. The first-order chi connectivity index (χ1) is 22.0.